The minimum Gasteiger partial charge on any atom is -0.347 e. The van der Waals surface area contributed by atoms with Crippen LogP contribution in [0.3, 0.4) is 0 Å². The molecule has 2 aliphatic heterocycles. The predicted molar refractivity (Wildman–Crippen MR) is 164 cm³/mol. The van der Waals surface area contributed by atoms with E-state index in [0.29, 0.717) is 27.0 Å². The molecular weight excluding hydrogens is 640 g/mol. The van der Waals surface area contributed by atoms with Crippen LogP contribution in [0.4, 0.5) is 21.2 Å². The van der Waals surface area contributed by atoms with Crippen molar-refractivity contribution in [1.29, 1.82) is 0 Å². The van der Waals surface area contributed by atoms with E-state index in [0.717, 1.165) is 11.1 Å². The molecule has 0 saturated carbocycles. The molecule has 1 fully saturated rings. The average Bonchev–Trinajstić information content (AvgIpc) is 3.50. The number of anilines is 3. The maximum absolute atomic E-state index is 15.0. The highest BCUT2D eigenvalue weighted by Crippen LogP contribution is 2.36. The van der Waals surface area contributed by atoms with Gasteiger partial charge in [0, 0.05) is 25.7 Å². The van der Waals surface area contributed by atoms with Crippen LogP contribution in [0.25, 0.3) is 10.6 Å². The molecular formula is C29H25FN8O6S2. The Morgan fingerprint density at radius 3 is 2.61 bits per heavy atom. The Kier molecular flexibility index (Phi) is 7.83. The van der Waals surface area contributed by atoms with Crippen LogP contribution in [-0.2, 0) is 26.2 Å². The molecule has 1 atom stereocenters. The fourth-order valence-electron chi connectivity index (χ4n) is 5.19. The van der Waals surface area contributed by atoms with Gasteiger partial charge in [0.2, 0.25) is 27.8 Å². The molecule has 2 aromatic heterocycles. The summed E-state index contributed by atoms with van der Waals surface area (Å²) < 4.78 is 38.4. The van der Waals surface area contributed by atoms with Crippen LogP contribution in [0.2, 0.25) is 0 Å². The zero-order valence-electron chi connectivity index (χ0n) is 24.3. The first-order chi connectivity index (χ1) is 21.8. The Labute approximate surface area is 265 Å². The fraction of sp³-hybridized carbons (Fsp3) is 0.207. The number of fused-ring (bicyclic) bond motifs is 1. The fourth-order valence-corrected chi connectivity index (χ4v) is 6.77. The monoisotopic (exact) mass is 664 g/mol. The summed E-state index contributed by atoms with van der Waals surface area (Å²) >= 11 is 1.18. The maximum atomic E-state index is 15.0. The quantitative estimate of drug-likeness (QED) is 0.234. The number of nitrogens with two attached hydrogens (primary N) is 1. The lowest BCUT2D eigenvalue weighted by Crippen LogP contribution is -2.54. The number of imide groups is 2. The van der Waals surface area contributed by atoms with Crippen LogP contribution in [0.1, 0.15) is 44.8 Å². The Morgan fingerprint density at radius 1 is 1.11 bits per heavy atom. The predicted octanol–water partition coefficient (Wildman–Crippen LogP) is 2.48. The van der Waals surface area contributed by atoms with E-state index in [2.05, 4.69) is 25.6 Å². The Morgan fingerprint density at radius 2 is 1.87 bits per heavy atom. The van der Waals surface area contributed by atoms with E-state index < -0.39 is 45.5 Å². The molecule has 4 aromatic rings. The number of amides is 4. The molecule has 4 amide bonds. The number of thiazole rings is 1. The minimum atomic E-state index is -3.94. The van der Waals surface area contributed by atoms with Gasteiger partial charge in [0.1, 0.15) is 11.7 Å². The minimum absolute atomic E-state index is 0.00932. The van der Waals surface area contributed by atoms with Gasteiger partial charge in [-0.05, 0) is 49.2 Å². The molecule has 0 radical (unpaired) electrons. The number of halogens is 1. The van der Waals surface area contributed by atoms with Gasteiger partial charge in [-0.3, -0.25) is 29.4 Å². The van der Waals surface area contributed by atoms with Gasteiger partial charge in [-0.15, -0.1) is 0 Å². The molecule has 14 nitrogen and oxygen atoms in total. The summed E-state index contributed by atoms with van der Waals surface area (Å²) in [5, 5.41) is 10.8. The van der Waals surface area contributed by atoms with Gasteiger partial charge in [-0.2, -0.15) is 0 Å². The van der Waals surface area contributed by atoms with Gasteiger partial charge in [0.15, 0.2) is 10.9 Å². The number of aryl methyl sites for hydroxylation is 1. The van der Waals surface area contributed by atoms with Crippen molar-refractivity contribution in [2.75, 3.05) is 17.3 Å². The number of carbonyl (C=O) groups is 4. The molecule has 0 aliphatic carbocycles. The van der Waals surface area contributed by atoms with E-state index >= 15 is 0 Å². The van der Waals surface area contributed by atoms with E-state index in [9.17, 15) is 32.0 Å². The van der Waals surface area contributed by atoms with Gasteiger partial charge in [0.25, 0.3) is 11.8 Å². The van der Waals surface area contributed by atoms with Gasteiger partial charge in [-0.25, -0.2) is 32.9 Å². The lowest BCUT2D eigenvalue weighted by atomic mass is 10.0. The smallest absolute Gasteiger partial charge is 0.262 e. The Balaban J connectivity index is 1.20. The lowest BCUT2D eigenvalue weighted by molar-refractivity contribution is -0.136. The van der Waals surface area contributed by atoms with Crippen molar-refractivity contribution in [1.82, 2.24) is 25.2 Å². The number of primary sulfonamides is 1. The molecule has 1 saturated heterocycles. The zero-order valence-corrected chi connectivity index (χ0v) is 25.9. The number of sulfonamides is 1. The summed E-state index contributed by atoms with van der Waals surface area (Å²) in [6.07, 6.45) is 1.09. The number of nitrogens with one attached hydrogen (secondary N) is 2. The van der Waals surface area contributed by atoms with Crippen molar-refractivity contribution >= 4 is 61.8 Å². The van der Waals surface area contributed by atoms with Crippen LogP contribution < -0.4 is 20.7 Å². The largest absolute Gasteiger partial charge is 0.347 e. The zero-order chi connectivity index (χ0) is 32.9. The second kappa shape index (κ2) is 11.7. The lowest BCUT2D eigenvalue weighted by Gasteiger charge is -2.27. The van der Waals surface area contributed by atoms with Crippen molar-refractivity contribution in [3.05, 3.63) is 76.9 Å². The first-order valence-corrected chi connectivity index (χ1v) is 16.1. The number of piperidine rings is 1. The third-order valence-corrected chi connectivity index (χ3v) is 9.60. The normalized spacial score (nSPS) is 16.4. The van der Waals surface area contributed by atoms with Crippen molar-refractivity contribution in [3.63, 3.8) is 0 Å². The van der Waals surface area contributed by atoms with Crippen molar-refractivity contribution in [2.24, 2.45) is 5.14 Å². The van der Waals surface area contributed by atoms with Crippen LogP contribution in [0.5, 0.6) is 0 Å². The molecule has 0 bridgehead atoms. The molecule has 6 rings (SSSR count). The summed E-state index contributed by atoms with van der Waals surface area (Å²) in [6.45, 7) is 1.98. The molecule has 0 spiro atoms. The second-order valence-corrected chi connectivity index (χ2v) is 13.2. The third-order valence-electron chi connectivity index (χ3n) is 7.41. The third kappa shape index (κ3) is 5.82. The van der Waals surface area contributed by atoms with Crippen molar-refractivity contribution < 1.29 is 32.0 Å². The number of hydrogen-bond acceptors (Lipinski definition) is 12. The highest BCUT2D eigenvalue weighted by molar-refractivity contribution is 7.89. The Hall–Kier alpha value is -5.13. The van der Waals surface area contributed by atoms with E-state index in [1.165, 1.54) is 35.6 Å². The Bertz CT molecular complexity index is 2070. The van der Waals surface area contributed by atoms with Crippen molar-refractivity contribution in [2.45, 2.75) is 37.2 Å². The number of nitrogens with zero attached hydrogens (tertiary/aromatic N) is 5. The standard InChI is InChI=1S/C29H25FN8O6S2/c1-14-24(23-20(30)12-32-28(36-23)34-16-4-3-5-17(11-16)46(31,43)44)45-29(33-14)37(2)13-15-6-7-18-19(10-15)27(42)38(26(18)41)21-8-9-22(39)35-25(21)40/h3-7,10-12,21H,8-9,13H2,1-2H3,(H2,31,43,44)(H,32,34,36)(H,35,39,40). The number of rotatable bonds is 8. The number of benzene rings is 2. The molecule has 46 heavy (non-hydrogen) atoms. The van der Waals surface area contributed by atoms with Crippen LogP contribution in [0, 0.1) is 12.7 Å². The second-order valence-electron chi connectivity index (χ2n) is 10.7. The summed E-state index contributed by atoms with van der Waals surface area (Å²) in [5.74, 6) is -2.99. The molecule has 2 aliphatic rings. The first-order valence-electron chi connectivity index (χ1n) is 13.8. The molecule has 17 heteroatoms. The molecule has 236 valence electrons. The average molecular weight is 665 g/mol. The van der Waals surface area contributed by atoms with Crippen LogP contribution in [0.15, 0.2) is 53.6 Å². The highest BCUT2D eigenvalue weighted by Gasteiger charge is 2.44. The number of carbonyl (C=O) groups excluding carboxylic acids is 4. The number of aromatic nitrogens is 3. The molecule has 4 N–H and O–H groups in total. The highest BCUT2D eigenvalue weighted by atomic mass is 32.2. The summed E-state index contributed by atoms with van der Waals surface area (Å²) in [4.78, 5) is 66.0. The van der Waals surface area contributed by atoms with Crippen LogP contribution >= 0.6 is 11.3 Å². The first kappa shape index (κ1) is 30.9. The maximum Gasteiger partial charge on any atom is 0.262 e. The van der Waals surface area contributed by atoms with Gasteiger partial charge >= 0.3 is 0 Å². The van der Waals surface area contributed by atoms with E-state index in [1.807, 2.05) is 0 Å². The molecule has 1 unspecified atom stereocenters. The summed E-state index contributed by atoms with van der Waals surface area (Å²) in [5.41, 5.74) is 1.85. The summed E-state index contributed by atoms with van der Waals surface area (Å²) in [6, 6.07) is 9.49. The van der Waals surface area contributed by atoms with Crippen LogP contribution in [-0.4, -0.2) is 65.0 Å². The molecule has 4 heterocycles. The van der Waals surface area contributed by atoms with Gasteiger partial charge in [-0.1, -0.05) is 23.5 Å². The number of hydrogen-bond donors (Lipinski definition) is 3. The van der Waals surface area contributed by atoms with Gasteiger partial charge < -0.3 is 10.2 Å². The van der Waals surface area contributed by atoms with E-state index in [-0.39, 0.29) is 47.1 Å². The SMILES string of the molecule is Cc1nc(N(C)Cc2ccc3c(c2)C(=O)N(C2CCC(=O)NC2=O)C3=O)sc1-c1nc(Nc2cccc(S(N)(=O)=O)c2)ncc1F. The van der Waals surface area contributed by atoms with E-state index in [1.54, 1.807) is 37.1 Å². The van der Waals surface area contributed by atoms with E-state index in [4.69, 9.17) is 5.14 Å². The topological polar surface area (TPSA) is 198 Å². The molecule has 2 aromatic carbocycles. The van der Waals surface area contributed by atoms with Gasteiger partial charge in [0.05, 0.1) is 32.8 Å². The van der Waals surface area contributed by atoms with Crippen molar-refractivity contribution in [3.8, 4) is 10.6 Å². The summed E-state index contributed by atoms with van der Waals surface area (Å²) in [7, 11) is -2.18.